The summed E-state index contributed by atoms with van der Waals surface area (Å²) in [5.41, 5.74) is 2.19. The molecule has 2 heterocycles. The van der Waals surface area contributed by atoms with Gasteiger partial charge in [0.25, 0.3) is 5.91 Å². The van der Waals surface area contributed by atoms with Gasteiger partial charge in [-0.25, -0.2) is 9.78 Å². The van der Waals surface area contributed by atoms with E-state index in [0.29, 0.717) is 17.9 Å². The van der Waals surface area contributed by atoms with Crippen molar-refractivity contribution in [2.75, 3.05) is 0 Å². The van der Waals surface area contributed by atoms with Gasteiger partial charge in [-0.1, -0.05) is 33.8 Å². The Morgan fingerprint density at radius 3 is 2.41 bits per heavy atom. The molecule has 0 bridgehead atoms. The van der Waals surface area contributed by atoms with Crippen LogP contribution in [0.1, 0.15) is 74.6 Å². The summed E-state index contributed by atoms with van der Waals surface area (Å²) in [6.07, 6.45) is 2.15. The quantitative estimate of drug-likeness (QED) is 0.421. The van der Waals surface area contributed by atoms with E-state index >= 15 is 0 Å². The van der Waals surface area contributed by atoms with Crippen molar-refractivity contribution in [1.29, 1.82) is 0 Å². The zero-order valence-electron chi connectivity index (χ0n) is 19.5. The number of carboxylic acid groups (broad SMARTS) is 1. The maximum Gasteiger partial charge on any atom is 0.326 e. The summed E-state index contributed by atoms with van der Waals surface area (Å²) in [5.74, 6) is 0.298. The van der Waals surface area contributed by atoms with Crippen molar-refractivity contribution in [3.05, 3.63) is 52.0 Å². The average molecular weight is 456 g/mol. The number of benzene rings is 1. The second-order valence-corrected chi connectivity index (χ2v) is 10.4. The molecule has 172 valence electrons. The molecule has 0 aliphatic rings. The van der Waals surface area contributed by atoms with E-state index in [1.807, 2.05) is 26.0 Å². The van der Waals surface area contributed by atoms with Crippen LogP contribution in [0.25, 0.3) is 11.0 Å². The second-order valence-electron chi connectivity index (χ2n) is 9.33. The number of rotatable bonds is 10. The fourth-order valence-electron chi connectivity index (χ4n) is 4.20. The normalized spacial score (nSPS) is 13.6. The number of amides is 1. The Morgan fingerprint density at radius 2 is 1.81 bits per heavy atom. The van der Waals surface area contributed by atoms with Gasteiger partial charge < -0.3 is 15.0 Å². The minimum atomic E-state index is -1.02. The molecule has 6 nitrogen and oxygen atoms in total. The highest BCUT2D eigenvalue weighted by molar-refractivity contribution is 7.09. The molecular formula is C25H33N3O3S. The zero-order valence-corrected chi connectivity index (χ0v) is 20.3. The number of nitrogens with zero attached hydrogens (tertiary/aromatic N) is 2. The summed E-state index contributed by atoms with van der Waals surface area (Å²) in [5, 5.41) is 14.2. The van der Waals surface area contributed by atoms with Crippen LogP contribution >= 0.6 is 11.3 Å². The summed E-state index contributed by atoms with van der Waals surface area (Å²) in [6, 6.07) is 9.00. The smallest absolute Gasteiger partial charge is 0.326 e. The first-order valence-corrected chi connectivity index (χ1v) is 12.1. The van der Waals surface area contributed by atoms with Crippen molar-refractivity contribution in [3.63, 3.8) is 0 Å². The van der Waals surface area contributed by atoms with Crippen molar-refractivity contribution in [2.45, 2.75) is 66.0 Å². The molecule has 0 fully saturated rings. The van der Waals surface area contributed by atoms with E-state index in [1.54, 1.807) is 23.5 Å². The highest BCUT2D eigenvalue weighted by Gasteiger charge is 2.23. The number of aliphatic carboxylic acids is 1. The number of imidazole rings is 1. The highest BCUT2D eigenvalue weighted by atomic mass is 32.1. The lowest BCUT2D eigenvalue weighted by molar-refractivity contribution is -0.139. The maximum atomic E-state index is 12.8. The predicted octanol–water partition coefficient (Wildman–Crippen LogP) is 5.52. The van der Waals surface area contributed by atoms with Gasteiger partial charge in [0, 0.05) is 22.9 Å². The lowest BCUT2D eigenvalue weighted by Crippen LogP contribution is -2.41. The Morgan fingerprint density at radius 1 is 1.09 bits per heavy atom. The Kier molecular flexibility index (Phi) is 7.72. The average Bonchev–Trinajstić information content (AvgIpc) is 3.33. The maximum absolute atomic E-state index is 12.8. The van der Waals surface area contributed by atoms with Gasteiger partial charge in [-0.3, -0.25) is 4.79 Å². The van der Waals surface area contributed by atoms with Crippen LogP contribution < -0.4 is 5.32 Å². The zero-order chi connectivity index (χ0) is 23.4. The third kappa shape index (κ3) is 5.76. The summed E-state index contributed by atoms with van der Waals surface area (Å²) in [7, 11) is 0. The largest absolute Gasteiger partial charge is 0.480 e. The van der Waals surface area contributed by atoms with Crippen LogP contribution in [0.5, 0.6) is 0 Å². The molecule has 2 aromatic heterocycles. The number of hydrogen-bond donors (Lipinski definition) is 2. The van der Waals surface area contributed by atoms with E-state index < -0.39 is 12.0 Å². The van der Waals surface area contributed by atoms with E-state index in [0.717, 1.165) is 29.7 Å². The molecule has 1 unspecified atom stereocenters. The van der Waals surface area contributed by atoms with Crippen LogP contribution in [0.4, 0.5) is 0 Å². The molecule has 2 atom stereocenters. The van der Waals surface area contributed by atoms with E-state index in [1.165, 1.54) is 4.88 Å². The lowest BCUT2D eigenvalue weighted by atomic mass is 10.0. The van der Waals surface area contributed by atoms with Crippen LogP contribution in [0, 0.1) is 11.8 Å². The minimum absolute atomic E-state index is 0.164. The molecule has 1 amide bonds. The molecule has 0 saturated heterocycles. The van der Waals surface area contributed by atoms with Crippen LogP contribution in [0.3, 0.4) is 0 Å². The third-order valence-electron chi connectivity index (χ3n) is 5.50. The summed E-state index contributed by atoms with van der Waals surface area (Å²) < 4.78 is 2.29. The van der Waals surface area contributed by atoms with Gasteiger partial charge in [0.1, 0.15) is 11.9 Å². The van der Waals surface area contributed by atoms with E-state index in [2.05, 4.69) is 42.1 Å². The van der Waals surface area contributed by atoms with Gasteiger partial charge in [0.15, 0.2) is 0 Å². The summed E-state index contributed by atoms with van der Waals surface area (Å²) in [4.78, 5) is 30.5. The topological polar surface area (TPSA) is 84.2 Å². The number of nitrogens with one attached hydrogen (secondary N) is 1. The van der Waals surface area contributed by atoms with Crippen molar-refractivity contribution in [2.24, 2.45) is 11.8 Å². The number of fused-ring (bicyclic) bond motifs is 1. The summed E-state index contributed by atoms with van der Waals surface area (Å²) >= 11 is 1.71. The van der Waals surface area contributed by atoms with Gasteiger partial charge in [-0.2, -0.15) is 0 Å². The highest BCUT2D eigenvalue weighted by Crippen LogP contribution is 2.28. The Bertz CT molecular complexity index is 1070. The van der Waals surface area contributed by atoms with E-state index in [4.69, 9.17) is 4.98 Å². The molecule has 1 aromatic carbocycles. The van der Waals surface area contributed by atoms with Crippen LogP contribution in [0.2, 0.25) is 0 Å². The van der Waals surface area contributed by atoms with Gasteiger partial charge >= 0.3 is 5.97 Å². The molecule has 0 saturated carbocycles. The summed E-state index contributed by atoms with van der Waals surface area (Å²) in [6.45, 7) is 10.5. The number of carbonyl (C=O) groups is 2. The van der Waals surface area contributed by atoms with Gasteiger partial charge in [0.2, 0.25) is 0 Å². The molecule has 2 N–H and O–H groups in total. The van der Waals surface area contributed by atoms with Gasteiger partial charge in [0.05, 0.1) is 11.0 Å². The number of carboxylic acids is 1. The van der Waals surface area contributed by atoms with Crippen molar-refractivity contribution in [1.82, 2.24) is 14.9 Å². The molecule has 0 spiro atoms. The third-order valence-corrected chi connectivity index (χ3v) is 6.38. The fourth-order valence-corrected chi connectivity index (χ4v) is 4.90. The Hall–Kier alpha value is -2.67. The monoisotopic (exact) mass is 455 g/mol. The number of thiophene rings is 1. The minimum Gasteiger partial charge on any atom is -0.480 e. The Balaban J connectivity index is 1.95. The fraction of sp³-hybridized carbons (Fsp3) is 0.480. The first kappa shape index (κ1) is 24.0. The molecule has 32 heavy (non-hydrogen) atoms. The molecule has 3 aromatic rings. The second kappa shape index (κ2) is 10.3. The predicted molar refractivity (Wildman–Crippen MR) is 129 cm³/mol. The lowest BCUT2D eigenvalue weighted by Gasteiger charge is -2.19. The number of carbonyl (C=O) groups excluding carboxylic acids is 1. The molecule has 0 aliphatic heterocycles. The molecule has 7 heteroatoms. The van der Waals surface area contributed by atoms with Crippen molar-refractivity contribution < 1.29 is 14.7 Å². The van der Waals surface area contributed by atoms with E-state index in [9.17, 15) is 14.7 Å². The first-order chi connectivity index (χ1) is 15.2. The SMILES string of the molecule is CC(C)CC(NC(=O)c1ccc2c(c1)nc(Cc1cccs1)n2[C@@H](C)CC(C)C)C(=O)O. The Labute approximate surface area is 193 Å². The molecule has 0 radical (unpaired) electrons. The number of aromatic nitrogens is 2. The molecule has 0 aliphatic carbocycles. The van der Waals surface area contributed by atoms with Crippen LogP contribution in [-0.4, -0.2) is 32.6 Å². The van der Waals surface area contributed by atoms with Crippen molar-refractivity contribution >= 4 is 34.2 Å². The first-order valence-electron chi connectivity index (χ1n) is 11.2. The van der Waals surface area contributed by atoms with Gasteiger partial charge in [-0.15, -0.1) is 11.3 Å². The molecule has 3 rings (SSSR count). The van der Waals surface area contributed by atoms with Crippen molar-refractivity contribution in [3.8, 4) is 0 Å². The van der Waals surface area contributed by atoms with E-state index in [-0.39, 0.29) is 17.9 Å². The van der Waals surface area contributed by atoms with Crippen LogP contribution in [0.15, 0.2) is 35.7 Å². The van der Waals surface area contributed by atoms with Gasteiger partial charge in [-0.05, 0) is 61.2 Å². The molecular weight excluding hydrogens is 422 g/mol. The number of hydrogen-bond acceptors (Lipinski definition) is 4. The van der Waals surface area contributed by atoms with Crippen LogP contribution in [-0.2, 0) is 11.2 Å². The standard InChI is InChI=1S/C25H33N3O3S/c1-15(2)11-17(5)28-22-9-8-18(24(29)27-21(25(30)31)12-16(3)4)13-20(22)26-23(28)14-19-7-6-10-32-19/h6-10,13,15-17,21H,11-12,14H2,1-5H3,(H,27,29)(H,30,31)/t17-,21?/m0/s1.